The first-order chi connectivity index (χ1) is 7.49. The summed E-state index contributed by atoms with van der Waals surface area (Å²) < 4.78 is 30.1. The molecule has 7 heteroatoms. The van der Waals surface area contributed by atoms with Crippen molar-refractivity contribution in [3.8, 4) is 0 Å². The fourth-order valence-electron chi connectivity index (χ4n) is 1.99. The number of sulfonamides is 1. The number of hydrogen-bond acceptors (Lipinski definition) is 4. The maximum absolute atomic E-state index is 11.9. The van der Waals surface area contributed by atoms with Crippen LogP contribution >= 0.6 is 0 Å². The quantitative estimate of drug-likeness (QED) is 0.690. The molecule has 1 aliphatic carbocycles. The van der Waals surface area contributed by atoms with Crippen LogP contribution in [0.25, 0.3) is 0 Å². The molecule has 16 heavy (non-hydrogen) atoms. The zero-order valence-corrected chi connectivity index (χ0v) is 10.0. The topological polar surface area (TPSA) is 75.7 Å². The Bertz CT molecular complexity index is 388. The van der Waals surface area contributed by atoms with Crippen molar-refractivity contribution in [2.24, 2.45) is 0 Å². The molecule has 0 unspecified atom stereocenters. The van der Waals surface area contributed by atoms with Crippen LogP contribution < -0.4 is 4.72 Å². The van der Waals surface area contributed by atoms with Gasteiger partial charge in [-0.1, -0.05) is 0 Å². The van der Waals surface area contributed by atoms with Crippen molar-refractivity contribution in [2.45, 2.75) is 18.4 Å². The summed E-state index contributed by atoms with van der Waals surface area (Å²) in [4.78, 5) is 13.6. The van der Waals surface area contributed by atoms with E-state index in [4.69, 9.17) is 4.74 Å². The van der Waals surface area contributed by atoms with E-state index >= 15 is 0 Å². The summed E-state index contributed by atoms with van der Waals surface area (Å²) in [7, 11) is -2.16. The summed E-state index contributed by atoms with van der Waals surface area (Å²) in [5.74, 6) is -0.791. The van der Waals surface area contributed by atoms with Gasteiger partial charge >= 0.3 is 0 Å². The molecule has 0 aromatic heterocycles. The minimum atomic E-state index is -3.47. The van der Waals surface area contributed by atoms with E-state index in [0.717, 1.165) is 12.8 Å². The molecule has 1 saturated carbocycles. The second kappa shape index (κ2) is 3.97. The van der Waals surface area contributed by atoms with E-state index in [1.54, 1.807) is 4.90 Å². The minimum Gasteiger partial charge on any atom is -0.377 e. The average Bonchev–Trinajstić information content (AvgIpc) is 2.98. The Morgan fingerprint density at radius 1 is 1.50 bits per heavy atom. The van der Waals surface area contributed by atoms with Crippen LogP contribution in [0.15, 0.2) is 0 Å². The molecule has 1 aliphatic heterocycles. The van der Waals surface area contributed by atoms with Gasteiger partial charge in [-0.25, -0.2) is 13.1 Å². The van der Waals surface area contributed by atoms with Crippen LogP contribution in [-0.2, 0) is 19.6 Å². The number of morpholine rings is 1. The average molecular weight is 248 g/mol. The predicted octanol–water partition coefficient (Wildman–Crippen LogP) is -1.07. The van der Waals surface area contributed by atoms with Crippen LogP contribution in [0.3, 0.4) is 0 Å². The first kappa shape index (κ1) is 11.8. The van der Waals surface area contributed by atoms with E-state index in [0.29, 0.717) is 19.8 Å². The van der Waals surface area contributed by atoms with Gasteiger partial charge in [-0.3, -0.25) is 4.79 Å². The third-order valence-corrected chi connectivity index (χ3v) is 4.40. The molecule has 0 bridgehead atoms. The van der Waals surface area contributed by atoms with Crippen LogP contribution in [0, 0.1) is 0 Å². The van der Waals surface area contributed by atoms with Gasteiger partial charge in [0.05, 0.1) is 18.8 Å². The Morgan fingerprint density at radius 3 is 2.75 bits per heavy atom. The molecule has 1 heterocycles. The molecule has 2 aliphatic rings. The maximum atomic E-state index is 11.9. The van der Waals surface area contributed by atoms with Gasteiger partial charge in [-0.05, 0) is 19.9 Å². The van der Waals surface area contributed by atoms with Crippen molar-refractivity contribution in [1.29, 1.82) is 0 Å². The molecule has 0 aromatic carbocycles. The monoisotopic (exact) mass is 248 g/mol. The van der Waals surface area contributed by atoms with E-state index in [1.165, 1.54) is 7.05 Å². The Labute approximate surface area is 95.0 Å². The zero-order chi connectivity index (χ0) is 11.8. The highest BCUT2D eigenvalue weighted by atomic mass is 32.2. The highest BCUT2D eigenvalue weighted by molar-refractivity contribution is 7.90. The van der Waals surface area contributed by atoms with Crippen LogP contribution in [0.2, 0.25) is 0 Å². The number of rotatable bonds is 3. The Morgan fingerprint density at radius 2 is 2.19 bits per heavy atom. The van der Waals surface area contributed by atoms with Gasteiger partial charge in [-0.2, -0.15) is 0 Å². The van der Waals surface area contributed by atoms with Gasteiger partial charge in [0.15, 0.2) is 0 Å². The molecular formula is C9H16N2O4S. The molecule has 1 saturated heterocycles. The van der Waals surface area contributed by atoms with E-state index < -0.39 is 15.8 Å². The van der Waals surface area contributed by atoms with Gasteiger partial charge < -0.3 is 9.64 Å². The van der Waals surface area contributed by atoms with Crippen LogP contribution in [-0.4, -0.2) is 57.3 Å². The normalized spacial score (nSPS) is 23.4. The van der Waals surface area contributed by atoms with E-state index in [2.05, 4.69) is 4.72 Å². The summed E-state index contributed by atoms with van der Waals surface area (Å²) in [6.45, 7) is 1.53. The van der Waals surface area contributed by atoms with Crippen molar-refractivity contribution < 1.29 is 17.9 Å². The Kier molecular flexibility index (Phi) is 2.93. The molecule has 1 N–H and O–H groups in total. The number of amides is 1. The first-order valence-electron chi connectivity index (χ1n) is 5.29. The van der Waals surface area contributed by atoms with Crippen molar-refractivity contribution >= 4 is 15.9 Å². The number of carbonyl (C=O) groups excluding carboxylic acids is 1. The van der Waals surface area contributed by atoms with Gasteiger partial charge in [0.2, 0.25) is 15.9 Å². The van der Waals surface area contributed by atoms with Crippen molar-refractivity contribution in [3.63, 3.8) is 0 Å². The highest BCUT2D eigenvalue weighted by Crippen LogP contribution is 2.43. The van der Waals surface area contributed by atoms with Crippen molar-refractivity contribution in [1.82, 2.24) is 9.62 Å². The summed E-state index contributed by atoms with van der Waals surface area (Å²) in [6.07, 6.45) is 1.83. The molecule has 0 aromatic rings. The molecular weight excluding hydrogens is 232 g/mol. The largest absolute Gasteiger partial charge is 0.377 e. The van der Waals surface area contributed by atoms with Crippen molar-refractivity contribution in [3.05, 3.63) is 0 Å². The molecule has 2 rings (SSSR count). The maximum Gasteiger partial charge on any atom is 0.239 e. The molecule has 6 nitrogen and oxygen atoms in total. The minimum absolute atomic E-state index is 0.196. The lowest BCUT2D eigenvalue weighted by Crippen LogP contribution is -2.52. The van der Waals surface area contributed by atoms with Crippen LogP contribution in [0.4, 0.5) is 0 Å². The SMILES string of the molecule is CNS(=O)(=O)CC(=O)N1CCOCC12CC2. The lowest BCUT2D eigenvalue weighted by atomic mass is 10.2. The standard InChI is InChI=1S/C9H16N2O4S/c1-10-16(13,14)6-8(12)11-4-5-15-7-9(11)2-3-9/h10H,2-7H2,1H3. The second-order valence-corrected chi connectivity index (χ2v) is 6.21. The predicted molar refractivity (Wildman–Crippen MR) is 57.3 cm³/mol. The lowest BCUT2D eigenvalue weighted by molar-refractivity contribution is -0.138. The molecule has 1 amide bonds. The molecule has 0 atom stereocenters. The summed E-state index contributed by atoms with van der Waals surface area (Å²) >= 11 is 0. The second-order valence-electron chi connectivity index (χ2n) is 4.29. The van der Waals surface area contributed by atoms with Crippen LogP contribution in [0.5, 0.6) is 0 Å². The molecule has 1 spiro atoms. The van der Waals surface area contributed by atoms with E-state index in [-0.39, 0.29) is 11.4 Å². The van der Waals surface area contributed by atoms with Crippen molar-refractivity contribution in [2.75, 3.05) is 32.6 Å². The molecule has 92 valence electrons. The number of nitrogens with zero attached hydrogens (tertiary/aromatic N) is 1. The fraction of sp³-hybridized carbons (Fsp3) is 0.889. The van der Waals surface area contributed by atoms with Gasteiger partial charge in [0.1, 0.15) is 5.75 Å². The first-order valence-corrected chi connectivity index (χ1v) is 6.94. The third kappa shape index (κ3) is 2.21. The summed E-state index contributed by atoms with van der Waals surface area (Å²) in [5.41, 5.74) is -0.196. The third-order valence-electron chi connectivity index (χ3n) is 3.16. The van der Waals surface area contributed by atoms with Crippen LogP contribution in [0.1, 0.15) is 12.8 Å². The summed E-state index contributed by atoms with van der Waals surface area (Å²) in [5, 5.41) is 0. The Balaban J connectivity index is 2.04. The highest BCUT2D eigenvalue weighted by Gasteiger charge is 2.52. The van der Waals surface area contributed by atoms with Gasteiger partial charge in [-0.15, -0.1) is 0 Å². The van der Waals surface area contributed by atoms with E-state index in [9.17, 15) is 13.2 Å². The van der Waals surface area contributed by atoms with Gasteiger partial charge in [0.25, 0.3) is 0 Å². The Hall–Kier alpha value is -0.660. The lowest BCUT2D eigenvalue weighted by Gasteiger charge is -2.36. The zero-order valence-electron chi connectivity index (χ0n) is 9.23. The fourth-order valence-corrected chi connectivity index (χ4v) is 2.62. The smallest absolute Gasteiger partial charge is 0.239 e. The number of ether oxygens (including phenoxy) is 1. The number of hydrogen-bond donors (Lipinski definition) is 1. The van der Waals surface area contributed by atoms with E-state index in [1.807, 2.05) is 0 Å². The van der Waals surface area contributed by atoms with Gasteiger partial charge in [0, 0.05) is 6.54 Å². The number of nitrogens with one attached hydrogen (secondary N) is 1. The number of carbonyl (C=O) groups is 1. The molecule has 2 fully saturated rings. The summed E-state index contributed by atoms with van der Waals surface area (Å²) in [6, 6.07) is 0. The molecule has 0 radical (unpaired) electrons.